The van der Waals surface area contributed by atoms with E-state index >= 15 is 0 Å². The van der Waals surface area contributed by atoms with E-state index in [0.29, 0.717) is 30.5 Å². The van der Waals surface area contributed by atoms with E-state index < -0.39 is 23.8 Å². The summed E-state index contributed by atoms with van der Waals surface area (Å²) in [5, 5.41) is 14.9. The number of benzene rings is 2. The van der Waals surface area contributed by atoms with Crippen molar-refractivity contribution in [3.05, 3.63) is 81.0 Å². The lowest BCUT2D eigenvalue weighted by molar-refractivity contribution is -0.139. The number of fused-ring (bicyclic) bond motifs is 4. The molecule has 2 aromatic carbocycles. The average Bonchev–Trinajstić information content (AvgIpc) is 3.27. The molecule has 218 valence electrons. The summed E-state index contributed by atoms with van der Waals surface area (Å²) in [5.74, 6) is -4.52. The van der Waals surface area contributed by atoms with Gasteiger partial charge >= 0.3 is 0 Å². The number of amides is 3. The molecule has 12 heteroatoms. The number of nitrogens with one attached hydrogen (secondary N) is 3. The summed E-state index contributed by atoms with van der Waals surface area (Å²) in [5.41, 5.74) is 12.4. The van der Waals surface area contributed by atoms with E-state index in [9.17, 15) is 23.2 Å². The van der Waals surface area contributed by atoms with Crippen molar-refractivity contribution in [2.24, 2.45) is 16.9 Å². The zero-order valence-electron chi connectivity index (χ0n) is 22.7. The van der Waals surface area contributed by atoms with E-state index in [4.69, 9.17) is 16.9 Å². The van der Waals surface area contributed by atoms with Gasteiger partial charge in [-0.3, -0.25) is 19.8 Å². The van der Waals surface area contributed by atoms with Crippen molar-refractivity contribution in [3.63, 3.8) is 0 Å². The third kappa shape index (κ3) is 4.45. The lowest BCUT2D eigenvalue weighted by atomic mass is 9.99. The molecule has 3 aliphatic rings. The molecule has 1 saturated heterocycles. The van der Waals surface area contributed by atoms with Crippen LogP contribution in [0.2, 0.25) is 0 Å². The van der Waals surface area contributed by atoms with Crippen LogP contribution in [0.5, 0.6) is 0 Å². The molecule has 1 aliphatic heterocycles. The number of thiophene rings is 1. The number of hydrogen-bond donors (Lipinski definition) is 5. The zero-order valence-corrected chi connectivity index (χ0v) is 23.6. The predicted octanol–water partition coefficient (Wildman–Crippen LogP) is 3.08. The van der Waals surface area contributed by atoms with Crippen LogP contribution in [0.3, 0.4) is 0 Å². The Labute approximate surface area is 244 Å². The van der Waals surface area contributed by atoms with Crippen LogP contribution in [0.4, 0.5) is 8.78 Å². The number of hydrogen-bond acceptors (Lipinski definition) is 6. The van der Waals surface area contributed by atoms with Gasteiger partial charge < -0.3 is 27.0 Å². The van der Waals surface area contributed by atoms with E-state index in [-0.39, 0.29) is 58.0 Å². The molecule has 2 heterocycles. The first-order chi connectivity index (χ1) is 20.0. The second kappa shape index (κ2) is 9.99. The summed E-state index contributed by atoms with van der Waals surface area (Å²) in [4.78, 5) is 42.2. The molecule has 4 atom stereocenters. The molecule has 1 unspecified atom stereocenters. The molecule has 1 aromatic heterocycles. The molecule has 2 aliphatic carbocycles. The van der Waals surface area contributed by atoms with E-state index in [0.717, 1.165) is 4.88 Å². The van der Waals surface area contributed by atoms with Crippen molar-refractivity contribution in [2.75, 3.05) is 13.1 Å². The van der Waals surface area contributed by atoms with Crippen molar-refractivity contribution in [3.8, 4) is 11.1 Å². The summed E-state index contributed by atoms with van der Waals surface area (Å²) in [7, 11) is 0. The number of carbonyl (C=O) groups excluding carboxylic acids is 3. The summed E-state index contributed by atoms with van der Waals surface area (Å²) in [6, 6.07) is 10.6. The Morgan fingerprint density at radius 2 is 1.83 bits per heavy atom. The summed E-state index contributed by atoms with van der Waals surface area (Å²) >= 11 is 1.38. The van der Waals surface area contributed by atoms with Crippen LogP contribution in [0, 0.1) is 10.8 Å². The monoisotopic (exact) mass is 592 g/mol. The molecule has 3 aromatic rings. The van der Waals surface area contributed by atoms with Gasteiger partial charge in [-0.15, -0.1) is 11.3 Å². The van der Waals surface area contributed by atoms with Gasteiger partial charge in [-0.1, -0.05) is 30.3 Å². The van der Waals surface area contributed by atoms with Crippen LogP contribution >= 0.6 is 11.3 Å². The first-order valence-electron chi connectivity index (χ1n) is 13.6. The number of nitrogens with two attached hydrogens (primary N) is 2. The van der Waals surface area contributed by atoms with Crippen LogP contribution in [0.15, 0.2) is 53.9 Å². The highest BCUT2D eigenvalue weighted by atomic mass is 32.1. The number of halogens is 2. The molecule has 3 amide bonds. The van der Waals surface area contributed by atoms with Crippen molar-refractivity contribution in [1.82, 2.24) is 15.5 Å². The fourth-order valence-electron chi connectivity index (χ4n) is 6.28. The molecule has 42 heavy (non-hydrogen) atoms. The van der Waals surface area contributed by atoms with Gasteiger partial charge in [0.2, 0.25) is 11.8 Å². The van der Waals surface area contributed by atoms with Gasteiger partial charge in [0, 0.05) is 50.5 Å². The summed E-state index contributed by atoms with van der Waals surface area (Å²) in [6.45, 7) is 1.80. The minimum atomic E-state index is -3.15. The maximum atomic E-state index is 14.9. The van der Waals surface area contributed by atoms with Crippen LogP contribution < -0.4 is 22.1 Å². The van der Waals surface area contributed by atoms with E-state index in [2.05, 4.69) is 10.6 Å². The SMILES string of the molecule is CC(NC(=O)[C@@H]1C[C@]2(CN)C[C@@H]2N1C(=O)CNC(=O)c1ccc2c(c1)-c1ccccc1C2(F)F)c1cc(C(=N)N)cs1. The molecule has 1 saturated carbocycles. The smallest absolute Gasteiger partial charge is 0.299 e. The lowest BCUT2D eigenvalue weighted by Crippen LogP contribution is -2.51. The molecule has 0 bridgehead atoms. The third-order valence-electron chi connectivity index (χ3n) is 8.71. The van der Waals surface area contributed by atoms with E-state index in [1.165, 1.54) is 40.5 Å². The van der Waals surface area contributed by atoms with Gasteiger partial charge in [0.15, 0.2) is 0 Å². The number of alkyl halides is 2. The highest BCUT2D eigenvalue weighted by Gasteiger charge is 2.66. The molecule has 0 radical (unpaired) electrons. The molecule has 6 rings (SSSR count). The van der Waals surface area contributed by atoms with Crippen molar-refractivity contribution >= 4 is 34.9 Å². The number of carbonyl (C=O) groups is 3. The minimum Gasteiger partial charge on any atom is -0.384 e. The number of likely N-dealkylation sites (tertiary alicyclic amines) is 1. The number of rotatable bonds is 8. The van der Waals surface area contributed by atoms with Crippen molar-refractivity contribution in [1.29, 1.82) is 5.41 Å². The molecule has 0 spiro atoms. The summed E-state index contributed by atoms with van der Waals surface area (Å²) < 4.78 is 29.8. The van der Waals surface area contributed by atoms with Gasteiger partial charge in [0.05, 0.1) is 12.6 Å². The van der Waals surface area contributed by atoms with Crippen LogP contribution in [0.1, 0.15) is 57.7 Å². The standard InChI is InChI=1S/C30H30F2N6O3S/c1-15(23-9-17(13-42-23)26(34)35)37-28(41)22-10-29(14-33)11-24(29)38(22)25(39)12-36-27(40)16-6-7-21-19(8-16)18-4-2-3-5-20(18)30(21,31)32/h2-9,13,15,22,24H,10-12,14,33H2,1H3,(H3,34,35)(H,36,40)(H,37,41)/t15?,22-,24-,29+/m0/s1. The van der Waals surface area contributed by atoms with E-state index in [1.807, 2.05) is 6.92 Å². The molecule has 7 N–H and O–H groups in total. The highest BCUT2D eigenvalue weighted by molar-refractivity contribution is 7.10. The number of nitrogen functional groups attached to an aromatic ring is 1. The van der Waals surface area contributed by atoms with E-state index in [1.54, 1.807) is 29.6 Å². The predicted molar refractivity (Wildman–Crippen MR) is 154 cm³/mol. The van der Waals surface area contributed by atoms with Gasteiger partial charge in [-0.2, -0.15) is 8.78 Å². The van der Waals surface area contributed by atoms with Crippen molar-refractivity contribution in [2.45, 2.75) is 43.8 Å². The Hall–Kier alpha value is -4.16. The molecule has 9 nitrogen and oxygen atoms in total. The Kier molecular flexibility index (Phi) is 6.65. The second-order valence-corrected chi connectivity index (χ2v) is 12.2. The average molecular weight is 593 g/mol. The lowest BCUT2D eigenvalue weighted by Gasteiger charge is -2.28. The quantitative estimate of drug-likeness (QED) is 0.201. The maximum Gasteiger partial charge on any atom is 0.299 e. The van der Waals surface area contributed by atoms with Crippen LogP contribution in [0.25, 0.3) is 11.1 Å². The topological polar surface area (TPSA) is 154 Å². The Morgan fingerprint density at radius 3 is 2.55 bits per heavy atom. The van der Waals surface area contributed by atoms with Crippen LogP contribution in [-0.4, -0.2) is 53.6 Å². The normalized spacial score (nSPS) is 23.4. The second-order valence-electron chi connectivity index (χ2n) is 11.3. The maximum absolute atomic E-state index is 14.9. The Balaban J connectivity index is 1.14. The minimum absolute atomic E-state index is 0.0572. The number of piperidine rings is 1. The van der Waals surface area contributed by atoms with Gasteiger partial charge in [-0.05, 0) is 49.1 Å². The van der Waals surface area contributed by atoms with Gasteiger partial charge in [0.25, 0.3) is 11.8 Å². The molecule has 2 fully saturated rings. The fourth-order valence-corrected chi connectivity index (χ4v) is 7.20. The Morgan fingerprint density at radius 1 is 1.10 bits per heavy atom. The third-order valence-corrected chi connectivity index (χ3v) is 9.82. The van der Waals surface area contributed by atoms with Gasteiger partial charge in [-0.25, -0.2) is 0 Å². The molecular weight excluding hydrogens is 562 g/mol. The molecular formula is C30H30F2N6O3S. The fraction of sp³-hybridized carbons (Fsp3) is 0.333. The summed E-state index contributed by atoms with van der Waals surface area (Å²) in [6.07, 6.45) is 1.11. The zero-order chi connectivity index (χ0) is 30.0. The largest absolute Gasteiger partial charge is 0.384 e. The van der Waals surface area contributed by atoms with Crippen LogP contribution in [-0.2, 0) is 15.5 Å². The highest BCUT2D eigenvalue weighted by Crippen LogP contribution is 2.59. The Bertz CT molecular complexity index is 1640. The number of nitrogens with zero attached hydrogens (tertiary/aromatic N) is 1. The first kappa shape index (κ1) is 28.0. The number of amidine groups is 1. The first-order valence-corrected chi connectivity index (χ1v) is 14.5. The van der Waals surface area contributed by atoms with Crippen molar-refractivity contribution < 1.29 is 23.2 Å². The van der Waals surface area contributed by atoms with Gasteiger partial charge in [0.1, 0.15) is 11.9 Å².